The number of pyridine rings is 1. The standard InChI is InChI=1S/C15H14N2O3S/c1-9-2-7-12(13(16)21)14(18)17(9)8-10-3-5-11(6-4-10)15(19)20/h2-7H,8H2,1H3,(H2,16,21)(H,19,20). The number of nitrogens with zero attached hydrogens (tertiary/aromatic N) is 1. The predicted molar refractivity (Wildman–Crippen MR) is 83.8 cm³/mol. The van der Waals surface area contributed by atoms with Gasteiger partial charge in [-0.2, -0.15) is 0 Å². The van der Waals surface area contributed by atoms with E-state index in [1.807, 2.05) is 6.92 Å². The number of aromatic carboxylic acids is 1. The molecule has 6 heteroatoms. The number of carboxylic acids is 1. The molecule has 0 amide bonds. The summed E-state index contributed by atoms with van der Waals surface area (Å²) in [6.07, 6.45) is 0. The third-order valence-corrected chi connectivity index (χ3v) is 3.42. The van der Waals surface area contributed by atoms with Crippen molar-refractivity contribution >= 4 is 23.2 Å². The maximum atomic E-state index is 12.3. The van der Waals surface area contributed by atoms with Crippen LogP contribution in [0.2, 0.25) is 0 Å². The Morgan fingerprint density at radius 1 is 1.24 bits per heavy atom. The van der Waals surface area contributed by atoms with Crippen molar-refractivity contribution in [1.29, 1.82) is 0 Å². The fraction of sp³-hybridized carbons (Fsp3) is 0.133. The van der Waals surface area contributed by atoms with E-state index in [1.165, 1.54) is 12.1 Å². The second kappa shape index (κ2) is 5.88. The van der Waals surface area contributed by atoms with Crippen LogP contribution in [0.4, 0.5) is 0 Å². The van der Waals surface area contributed by atoms with Crippen LogP contribution in [0.3, 0.4) is 0 Å². The molecule has 2 rings (SSSR count). The van der Waals surface area contributed by atoms with Crippen LogP contribution in [0.5, 0.6) is 0 Å². The first kappa shape index (κ1) is 14.9. The average molecular weight is 302 g/mol. The molecule has 0 aliphatic heterocycles. The summed E-state index contributed by atoms with van der Waals surface area (Å²) in [5, 5.41) is 8.87. The van der Waals surface area contributed by atoms with Crippen molar-refractivity contribution < 1.29 is 9.90 Å². The Bertz CT molecular complexity index is 763. The highest BCUT2D eigenvalue weighted by molar-refractivity contribution is 7.80. The summed E-state index contributed by atoms with van der Waals surface area (Å²) in [5.74, 6) is -0.981. The predicted octanol–water partition coefficient (Wildman–Crippen LogP) is 1.54. The van der Waals surface area contributed by atoms with Gasteiger partial charge >= 0.3 is 5.97 Å². The molecule has 0 saturated carbocycles. The lowest BCUT2D eigenvalue weighted by Gasteiger charge is -2.12. The van der Waals surface area contributed by atoms with Crippen LogP contribution >= 0.6 is 12.2 Å². The Morgan fingerprint density at radius 2 is 1.86 bits per heavy atom. The zero-order valence-corrected chi connectivity index (χ0v) is 12.2. The van der Waals surface area contributed by atoms with Crippen LogP contribution in [0.1, 0.15) is 27.2 Å². The zero-order chi connectivity index (χ0) is 15.6. The molecule has 108 valence electrons. The molecule has 0 unspecified atom stereocenters. The van der Waals surface area contributed by atoms with Gasteiger partial charge in [-0.25, -0.2) is 4.79 Å². The van der Waals surface area contributed by atoms with E-state index >= 15 is 0 Å². The summed E-state index contributed by atoms with van der Waals surface area (Å²) in [5.41, 5.74) is 7.40. The van der Waals surface area contributed by atoms with E-state index in [0.717, 1.165) is 11.3 Å². The van der Waals surface area contributed by atoms with Gasteiger partial charge in [-0.3, -0.25) is 4.79 Å². The Morgan fingerprint density at radius 3 is 2.38 bits per heavy atom. The van der Waals surface area contributed by atoms with Crippen molar-refractivity contribution in [2.75, 3.05) is 0 Å². The summed E-state index contributed by atoms with van der Waals surface area (Å²) >= 11 is 4.86. The number of nitrogens with two attached hydrogens (primary N) is 1. The number of thiocarbonyl (C=S) groups is 1. The van der Waals surface area contributed by atoms with Gasteiger partial charge in [0.05, 0.1) is 17.7 Å². The second-order valence-electron chi connectivity index (χ2n) is 4.65. The lowest BCUT2D eigenvalue weighted by molar-refractivity contribution is 0.0697. The first-order chi connectivity index (χ1) is 9.90. The van der Waals surface area contributed by atoms with Crippen LogP contribution in [0, 0.1) is 6.92 Å². The van der Waals surface area contributed by atoms with Gasteiger partial charge in [-0.05, 0) is 36.8 Å². The number of hydrogen-bond acceptors (Lipinski definition) is 3. The Balaban J connectivity index is 2.39. The summed E-state index contributed by atoms with van der Waals surface area (Å²) < 4.78 is 1.56. The molecule has 0 fully saturated rings. The first-order valence-electron chi connectivity index (χ1n) is 6.22. The molecular formula is C15H14N2O3S. The molecule has 1 aromatic heterocycles. The minimum absolute atomic E-state index is 0.0648. The van der Waals surface area contributed by atoms with Gasteiger partial charge in [0.25, 0.3) is 5.56 Å². The molecule has 1 aromatic carbocycles. The SMILES string of the molecule is Cc1ccc(C(N)=S)c(=O)n1Cc1ccc(C(=O)O)cc1. The highest BCUT2D eigenvalue weighted by atomic mass is 32.1. The lowest BCUT2D eigenvalue weighted by atomic mass is 10.1. The maximum Gasteiger partial charge on any atom is 0.335 e. The Kier molecular flexibility index (Phi) is 4.18. The van der Waals surface area contributed by atoms with E-state index in [2.05, 4.69) is 0 Å². The van der Waals surface area contributed by atoms with E-state index in [0.29, 0.717) is 12.1 Å². The number of carboxylic acid groups (broad SMARTS) is 1. The molecule has 2 aromatic rings. The highest BCUT2D eigenvalue weighted by Gasteiger charge is 2.09. The van der Waals surface area contributed by atoms with E-state index in [4.69, 9.17) is 23.1 Å². The number of aryl methyl sites for hydroxylation is 1. The van der Waals surface area contributed by atoms with Gasteiger partial charge in [-0.15, -0.1) is 0 Å². The van der Waals surface area contributed by atoms with Gasteiger partial charge < -0.3 is 15.4 Å². The summed E-state index contributed by atoms with van der Waals surface area (Å²) in [6, 6.07) is 9.78. The third kappa shape index (κ3) is 3.17. The van der Waals surface area contributed by atoms with Crippen LogP contribution in [-0.4, -0.2) is 20.6 Å². The Hall–Kier alpha value is -2.47. The largest absolute Gasteiger partial charge is 0.478 e. The molecule has 0 aliphatic carbocycles. The van der Waals surface area contributed by atoms with Crippen LogP contribution in [0.15, 0.2) is 41.2 Å². The number of aromatic nitrogens is 1. The zero-order valence-electron chi connectivity index (χ0n) is 11.4. The summed E-state index contributed by atoms with van der Waals surface area (Å²) in [7, 11) is 0. The van der Waals surface area contributed by atoms with Gasteiger partial charge in [0.1, 0.15) is 4.99 Å². The molecule has 0 atom stereocenters. The topological polar surface area (TPSA) is 85.3 Å². The van der Waals surface area contributed by atoms with Crippen molar-refractivity contribution in [3.63, 3.8) is 0 Å². The first-order valence-corrected chi connectivity index (χ1v) is 6.63. The van der Waals surface area contributed by atoms with Crippen molar-refractivity contribution in [3.8, 4) is 0 Å². The quantitative estimate of drug-likeness (QED) is 0.837. The highest BCUT2D eigenvalue weighted by Crippen LogP contribution is 2.08. The lowest BCUT2D eigenvalue weighted by Crippen LogP contribution is -2.30. The molecule has 0 spiro atoms. The van der Waals surface area contributed by atoms with Gasteiger partial charge in [0.15, 0.2) is 0 Å². The summed E-state index contributed by atoms with van der Waals surface area (Å²) in [6.45, 7) is 2.15. The van der Waals surface area contributed by atoms with Crippen molar-refractivity contribution in [3.05, 3.63) is 69.1 Å². The van der Waals surface area contributed by atoms with Crippen LogP contribution < -0.4 is 11.3 Å². The maximum absolute atomic E-state index is 12.3. The van der Waals surface area contributed by atoms with E-state index in [-0.39, 0.29) is 16.1 Å². The smallest absolute Gasteiger partial charge is 0.335 e. The average Bonchev–Trinajstić information content (AvgIpc) is 2.43. The van der Waals surface area contributed by atoms with Gasteiger partial charge in [0.2, 0.25) is 0 Å². The fourth-order valence-electron chi connectivity index (χ4n) is 1.99. The molecule has 0 aliphatic rings. The van der Waals surface area contributed by atoms with Crippen LogP contribution in [-0.2, 0) is 6.54 Å². The third-order valence-electron chi connectivity index (χ3n) is 3.20. The van der Waals surface area contributed by atoms with E-state index in [9.17, 15) is 9.59 Å². The molecule has 0 bridgehead atoms. The minimum Gasteiger partial charge on any atom is -0.478 e. The molecule has 21 heavy (non-hydrogen) atoms. The monoisotopic (exact) mass is 302 g/mol. The van der Waals surface area contributed by atoms with Crippen LogP contribution in [0.25, 0.3) is 0 Å². The minimum atomic E-state index is -0.981. The normalized spacial score (nSPS) is 10.3. The number of hydrogen-bond donors (Lipinski definition) is 2. The number of rotatable bonds is 4. The number of benzene rings is 1. The number of carbonyl (C=O) groups is 1. The van der Waals surface area contributed by atoms with Gasteiger partial charge in [0, 0.05) is 5.69 Å². The molecule has 3 N–H and O–H groups in total. The van der Waals surface area contributed by atoms with Crippen molar-refractivity contribution in [2.24, 2.45) is 5.73 Å². The fourth-order valence-corrected chi connectivity index (χ4v) is 2.15. The molecule has 0 radical (unpaired) electrons. The van der Waals surface area contributed by atoms with Crippen molar-refractivity contribution in [2.45, 2.75) is 13.5 Å². The summed E-state index contributed by atoms with van der Waals surface area (Å²) in [4.78, 5) is 23.2. The Labute approximate surface area is 126 Å². The van der Waals surface area contributed by atoms with E-state index < -0.39 is 5.97 Å². The van der Waals surface area contributed by atoms with Crippen molar-refractivity contribution in [1.82, 2.24) is 4.57 Å². The second-order valence-corrected chi connectivity index (χ2v) is 5.09. The molecule has 1 heterocycles. The van der Waals surface area contributed by atoms with Gasteiger partial charge in [-0.1, -0.05) is 24.4 Å². The molecular weight excluding hydrogens is 288 g/mol. The van der Waals surface area contributed by atoms with E-state index in [1.54, 1.807) is 28.8 Å². The molecule has 5 nitrogen and oxygen atoms in total. The molecule has 0 saturated heterocycles.